The van der Waals surface area contributed by atoms with Gasteiger partial charge in [0.15, 0.2) is 0 Å². The monoisotopic (exact) mass is 330 g/mol. The first-order valence-electron chi connectivity index (χ1n) is 8.93. The van der Waals surface area contributed by atoms with E-state index < -0.39 is 6.10 Å². The van der Waals surface area contributed by atoms with Crippen LogP contribution in [-0.4, -0.2) is 52.9 Å². The van der Waals surface area contributed by atoms with Crippen LogP contribution >= 0.6 is 0 Å². The molecule has 5 heteroatoms. The summed E-state index contributed by atoms with van der Waals surface area (Å²) in [5.74, 6) is 0.329. The van der Waals surface area contributed by atoms with Gasteiger partial charge in [-0.2, -0.15) is 0 Å². The lowest BCUT2D eigenvalue weighted by molar-refractivity contribution is -0.143. The van der Waals surface area contributed by atoms with Crippen molar-refractivity contribution in [3.63, 3.8) is 0 Å². The van der Waals surface area contributed by atoms with Gasteiger partial charge >= 0.3 is 0 Å². The standard InChI is InChI=1S/C19H26N2O3/c22-17-8-4-5-11-21(17)14-18(23)20-12-9-16(10-13-20)19(24)15-6-2-1-3-7-15/h1-3,6-7,16,19,24H,4-5,8-14H2. The third-order valence-corrected chi connectivity index (χ3v) is 5.23. The summed E-state index contributed by atoms with van der Waals surface area (Å²) in [5.41, 5.74) is 0.946. The van der Waals surface area contributed by atoms with Crippen LogP contribution in [0.5, 0.6) is 0 Å². The lowest BCUT2D eigenvalue weighted by atomic mass is 9.87. The molecule has 1 atom stereocenters. The van der Waals surface area contributed by atoms with E-state index in [0.29, 0.717) is 26.1 Å². The van der Waals surface area contributed by atoms with Crippen LogP contribution in [0.25, 0.3) is 0 Å². The Labute approximate surface area is 143 Å². The van der Waals surface area contributed by atoms with Gasteiger partial charge in [-0.05, 0) is 37.2 Å². The molecule has 24 heavy (non-hydrogen) atoms. The summed E-state index contributed by atoms with van der Waals surface area (Å²) in [4.78, 5) is 27.8. The van der Waals surface area contributed by atoms with Gasteiger partial charge in [0.1, 0.15) is 0 Å². The largest absolute Gasteiger partial charge is 0.388 e. The minimum atomic E-state index is -0.466. The number of amides is 2. The summed E-state index contributed by atoms with van der Waals surface area (Å²) in [5, 5.41) is 10.5. The summed E-state index contributed by atoms with van der Waals surface area (Å²) < 4.78 is 0. The molecule has 0 saturated carbocycles. The Balaban J connectivity index is 1.49. The molecule has 2 heterocycles. The Kier molecular flexibility index (Phi) is 5.51. The van der Waals surface area contributed by atoms with E-state index in [1.165, 1.54) is 0 Å². The second kappa shape index (κ2) is 7.79. The maximum absolute atomic E-state index is 12.4. The number of carbonyl (C=O) groups excluding carboxylic acids is 2. The maximum atomic E-state index is 12.4. The van der Waals surface area contributed by atoms with Gasteiger partial charge in [0.25, 0.3) is 0 Å². The molecule has 2 aliphatic heterocycles. The van der Waals surface area contributed by atoms with Gasteiger partial charge in [-0.15, -0.1) is 0 Å². The highest BCUT2D eigenvalue weighted by Crippen LogP contribution is 2.30. The highest BCUT2D eigenvalue weighted by atomic mass is 16.3. The molecule has 130 valence electrons. The van der Waals surface area contributed by atoms with Crippen LogP contribution in [0.3, 0.4) is 0 Å². The molecule has 3 rings (SSSR count). The van der Waals surface area contributed by atoms with Crippen molar-refractivity contribution in [3.8, 4) is 0 Å². The van der Waals surface area contributed by atoms with Crippen LogP contribution in [0.15, 0.2) is 30.3 Å². The van der Waals surface area contributed by atoms with Gasteiger partial charge in [0.05, 0.1) is 12.6 Å². The lowest BCUT2D eigenvalue weighted by Crippen LogP contribution is -2.47. The normalized spacial score (nSPS) is 21.0. The van der Waals surface area contributed by atoms with E-state index in [1.54, 1.807) is 4.90 Å². The first-order chi connectivity index (χ1) is 11.6. The SMILES string of the molecule is O=C(CN1CCCCC1=O)N1CCC(C(O)c2ccccc2)CC1. The Morgan fingerprint density at radius 2 is 1.83 bits per heavy atom. The second-order valence-corrected chi connectivity index (χ2v) is 6.85. The van der Waals surface area contributed by atoms with Gasteiger partial charge in [-0.25, -0.2) is 0 Å². The number of rotatable bonds is 4. The molecule has 2 aliphatic rings. The molecule has 1 N–H and O–H groups in total. The third-order valence-electron chi connectivity index (χ3n) is 5.23. The second-order valence-electron chi connectivity index (χ2n) is 6.85. The van der Waals surface area contributed by atoms with Crippen LogP contribution in [0.2, 0.25) is 0 Å². The average molecular weight is 330 g/mol. The van der Waals surface area contributed by atoms with Crippen LogP contribution < -0.4 is 0 Å². The van der Waals surface area contributed by atoms with Crippen LogP contribution in [0.1, 0.15) is 43.8 Å². The van der Waals surface area contributed by atoms with Crippen LogP contribution in [-0.2, 0) is 9.59 Å². The molecule has 2 saturated heterocycles. The smallest absolute Gasteiger partial charge is 0.242 e. The van der Waals surface area contributed by atoms with E-state index in [-0.39, 0.29) is 24.3 Å². The predicted octanol–water partition coefficient (Wildman–Crippen LogP) is 1.97. The first kappa shape index (κ1) is 17.0. The van der Waals surface area contributed by atoms with Crippen molar-refractivity contribution in [2.24, 2.45) is 5.92 Å². The number of hydrogen-bond donors (Lipinski definition) is 1. The highest BCUT2D eigenvalue weighted by Gasteiger charge is 2.29. The molecule has 0 bridgehead atoms. The molecule has 5 nitrogen and oxygen atoms in total. The van der Waals surface area contributed by atoms with Gasteiger partial charge in [-0.3, -0.25) is 9.59 Å². The minimum Gasteiger partial charge on any atom is -0.388 e. The zero-order valence-corrected chi connectivity index (χ0v) is 14.1. The minimum absolute atomic E-state index is 0.0397. The van der Waals surface area contributed by atoms with Crippen molar-refractivity contribution < 1.29 is 14.7 Å². The lowest BCUT2D eigenvalue weighted by Gasteiger charge is -2.36. The van der Waals surface area contributed by atoms with E-state index in [0.717, 1.165) is 31.2 Å². The molecule has 1 aromatic rings. The molecule has 0 aromatic heterocycles. The van der Waals surface area contributed by atoms with Gasteiger partial charge in [-0.1, -0.05) is 30.3 Å². The van der Waals surface area contributed by atoms with E-state index in [2.05, 4.69) is 0 Å². The summed E-state index contributed by atoms with van der Waals surface area (Å²) in [6.45, 7) is 2.24. The van der Waals surface area contributed by atoms with E-state index in [9.17, 15) is 14.7 Å². The van der Waals surface area contributed by atoms with Crippen molar-refractivity contribution in [2.45, 2.75) is 38.2 Å². The molecule has 0 spiro atoms. The van der Waals surface area contributed by atoms with Crippen molar-refractivity contribution in [1.29, 1.82) is 0 Å². The van der Waals surface area contributed by atoms with Gasteiger partial charge in [0, 0.05) is 26.1 Å². The van der Waals surface area contributed by atoms with Crippen molar-refractivity contribution in [1.82, 2.24) is 9.80 Å². The van der Waals surface area contributed by atoms with E-state index >= 15 is 0 Å². The first-order valence-corrected chi connectivity index (χ1v) is 8.93. The Morgan fingerprint density at radius 1 is 1.12 bits per heavy atom. The Morgan fingerprint density at radius 3 is 2.50 bits per heavy atom. The molecular weight excluding hydrogens is 304 g/mol. The Hall–Kier alpha value is -1.88. The molecule has 2 amide bonds. The number of nitrogens with zero attached hydrogens (tertiary/aromatic N) is 2. The summed E-state index contributed by atoms with van der Waals surface area (Å²) >= 11 is 0. The summed E-state index contributed by atoms with van der Waals surface area (Å²) in [6, 6.07) is 9.72. The number of hydrogen-bond acceptors (Lipinski definition) is 3. The summed E-state index contributed by atoms with van der Waals surface area (Å²) in [6.07, 6.45) is 3.63. The highest BCUT2D eigenvalue weighted by molar-refractivity contribution is 5.85. The quantitative estimate of drug-likeness (QED) is 0.918. The molecule has 1 aromatic carbocycles. The third kappa shape index (κ3) is 3.96. The van der Waals surface area contributed by atoms with Crippen molar-refractivity contribution in [2.75, 3.05) is 26.2 Å². The topological polar surface area (TPSA) is 60.9 Å². The fourth-order valence-electron chi connectivity index (χ4n) is 3.68. The van der Waals surface area contributed by atoms with Crippen molar-refractivity contribution >= 4 is 11.8 Å². The zero-order valence-electron chi connectivity index (χ0n) is 14.1. The number of aliphatic hydroxyl groups excluding tert-OH is 1. The number of piperidine rings is 2. The molecule has 0 radical (unpaired) electrons. The molecule has 2 fully saturated rings. The molecule has 0 aliphatic carbocycles. The maximum Gasteiger partial charge on any atom is 0.242 e. The van der Waals surface area contributed by atoms with Crippen LogP contribution in [0.4, 0.5) is 0 Å². The number of likely N-dealkylation sites (tertiary alicyclic amines) is 2. The Bertz CT molecular complexity index is 567. The fraction of sp³-hybridized carbons (Fsp3) is 0.579. The average Bonchev–Trinajstić information content (AvgIpc) is 2.64. The van der Waals surface area contributed by atoms with Gasteiger partial charge < -0.3 is 14.9 Å². The van der Waals surface area contributed by atoms with Crippen molar-refractivity contribution in [3.05, 3.63) is 35.9 Å². The van der Waals surface area contributed by atoms with E-state index in [4.69, 9.17) is 0 Å². The van der Waals surface area contributed by atoms with E-state index in [1.807, 2.05) is 35.2 Å². The van der Waals surface area contributed by atoms with Crippen LogP contribution in [0, 0.1) is 5.92 Å². The number of carbonyl (C=O) groups is 2. The zero-order chi connectivity index (χ0) is 16.9. The van der Waals surface area contributed by atoms with Gasteiger partial charge in [0.2, 0.25) is 11.8 Å². The number of aliphatic hydroxyl groups is 1. The molecular formula is C19H26N2O3. The predicted molar refractivity (Wildman–Crippen MR) is 91.1 cm³/mol. The fourth-order valence-corrected chi connectivity index (χ4v) is 3.68. The molecule has 1 unspecified atom stereocenters. The number of benzene rings is 1. The summed E-state index contributed by atoms with van der Waals surface area (Å²) in [7, 11) is 0.